The van der Waals surface area contributed by atoms with Gasteiger partial charge in [-0.05, 0) is 49.3 Å². The summed E-state index contributed by atoms with van der Waals surface area (Å²) < 4.78 is 43.7. The second-order valence-electron chi connectivity index (χ2n) is 7.60. The molecule has 1 aromatic carbocycles. The van der Waals surface area contributed by atoms with Crippen molar-refractivity contribution in [2.75, 3.05) is 18.3 Å². The number of imidazole rings is 1. The van der Waals surface area contributed by atoms with Gasteiger partial charge >= 0.3 is 0 Å². The van der Waals surface area contributed by atoms with Gasteiger partial charge in [0.25, 0.3) is 0 Å². The van der Waals surface area contributed by atoms with Gasteiger partial charge < -0.3 is 15.8 Å². The Bertz CT molecular complexity index is 1360. The van der Waals surface area contributed by atoms with Crippen LogP contribution in [0.3, 0.4) is 0 Å². The number of anilines is 1. The maximum absolute atomic E-state index is 12.7. The quantitative estimate of drug-likeness (QED) is 0.275. The molecule has 0 aliphatic carbocycles. The molecule has 0 saturated heterocycles. The number of nitrogens with two attached hydrogens (primary N) is 1. The Kier molecular flexibility index (Phi) is 6.99. The van der Waals surface area contributed by atoms with Crippen molar-refractivity contribution in [2.45, 2.75) is 24.8 Å². The predicted molar refractivity (Wildman–Crippen MR) is 127 cm³/mol. The largest absolute Gasteiger partial charge is 0.474 e. The van der Waals surface area contributed by atoms with Crippen LogP contribution in [0.5, 0.6) is 0 Å². The minimum Gasteiger partial charge on any atom is -0.474 e. The number of rotatable bonds is 9. The van der Waals surface area contributed by atoms with Crippen molar-refractivity contribution in [1.82, 2.24) is 14.4 Å². The summed E-state index contributed by atoms with van der Waals surface area (Å²) in [4.78, 5) is 9.41. The second kappa shape index (κ2) is 9.55. The molecule has 174 valence electrons. The molecule has 1 atom stereocenters. The molecule has 1 unspecified atom stereocenters. The van der Waals surface area contributed by atoms with Crippen LogP contribution in [0, 0.1) is 6.92 Å². The van der Waals surface area contributed by atoms with Gasteiger partial charge in [0, 0.05) is 30.3 Å². The monoisotopic (exact) mass is 471 g/mol. The summed E-state index contributed by atoms with van der Waals surface area (Å²) in [6, 6.07) is 4.62. The molecule has 0 aliphatic heterocycles. The minimum absolute atomic E-state index is 0.0250. The highest BCUT2D eigenvalue weighted by Gasteiger charge is 2.17. The van der Waals surface area contributed by atoms with E-state index in [1.165, 1.54) is 12.3 Å². The first-order chi connectivity index (χ1) is 15.5. The maximum Gasteiger partial charge on any atom is 0.211 e. The number of benzene rings is 1. The third-order valence-corrected chi connectivity index (χ3v) is 5.94. The average Bonchev–Trinajstić information content (AvgIpc) is 3.18. The number of nitrogens with one attached hydrogen (secondary N) is 1. The minimum atomic E-state index is -3.32. The molecule has 0 amide bonds. The van der Waals surface area contributed by atoms with Crippen LogP contribution in [0.2, 0.25) is 0 Å². The van der Waals surface area contributed by atoms with Gasteiger partial charge in [-0.3, -0.25) is 4.40 Å². The zero-order valence-electron chi connectivity index (χ0n) is 18.7. The summed E-state index contributed by atoms with van der Waals surface area (Å²) in [7, 11) is -3.32. The van der Waals surface area contributed by atoms with E-state index >= 15 is 0 Å². The first-order valence-electron chi connectivity index (χ1n) is 10.00. The average molecular weight is 472 g/mol. The number of aryl methyl sites for hydroxylation is 1. The lowest BCUT2D eigenvalue weighted by atomic mass is 10.0. The highest BCUT2D eigenvalue weighted by Crippen LogP contribution is 2.30. The van der Waals surface area contributed by atoms with Gasteiger partial charge in [-0.1, -0.05) is 19.2 Å². The highest BCUT2D eigenvalue weighted by atomic mass is 32.2. The Labute approximate surface area is 192 Å². The van der Waals surface area contributed by atoms with Crippen molar-refractivity contribution >= 4 is 21.4 Å². The molecule has 2 aromatic heterocycles. The maximum atomic E-state index is 12.7. The standard InChI is InChI=1S/C23H26FN5O3S/c1-14-10-18(33(5,30)31)8-9-19(14)20-11-26-23(27-13-32-16(3)7-6-15(2)24)29-12-21(17(4)25)28-22(20)29/h6-12,17H,2-3,13,25H2,1,4-5H3,(H,26,27)/b7-6-. The summed E-state index contributed by atoms with van der Waals surface area (Å²) in [6.07, 6.45) is 7.12. The predicted octanol–water partition coefficient (Wildman–Crippen LogP) is 4.07. The Hall–Kier alpha value is -3.50. The van der Waals surface area contributed by atoms with Crippen molar-refractivity contribution in [3.8, 4) is 11.1 Å². The van der Waals surface area contributed by atoms with E-state index in [0.717, 1.165) is 22.8 Å². The molecule has 3 N–H and O–H groups in total. The van der Waals surface area contributed by atoms with Gasteiger partial charge in [-0.2, -0.15) is 0 Å². The summed E-state index contributed by atoms with van der Waals surface area (Å²) in [6.45, 7) is 10.5. The van der Waals surface area contributed by atoms with Crippen LogP contribution in [0.25, 0.3) is 16.8 Å². The summed E-state index contributed by atoms with van der Waals surface area (Å²) in [5.74, 6) is 0.0938. The Morgan fingerprint density at radius 2 is 2.06 bits per heavy atom. The summed E-state index contributed by atoms with van der Waals surface area (Å²) >= 11 is 0. The van der Waals surface area contributed by atoms with Gasteiger partial charge in [0.1, 0.15) is 17.2 Å². The Morgan fingerprint density at radius 3 is 2.67 bits per heavy atom. The van der Waals surface area contributed by atoms with Gasteiger partial charge in [-0.15, -0.1) is 0 Å². The third kappa shape index (κ3) is 5.65. The van der Waals surface area contributed by atoms with Crippen LogP contribution < -0.4 is 11.1 Å². The van der Waals surface area contributed by atoms with Crippen LogP contribution in [0.1, 0.15) is 24.2 Å². The number of nitrogens with zero attached hydrogens (tertiary/aromatic N) is 3. The number of ether oxygens (including phenoxy) is 1. The zero-order valence-corrected chi connectivity index (χ0v) is 19.5. The van der Waals surface area contributed by atoms with E-state index in [2.05, 4.69) is 28.4 Å². The number of hydrogen-bond acceptors (Lipinski definition) is 7. The van der Waals surface area contributed by atoms with Crippen LogP contribution in [0.15, 0.2) is 72.4 Å². The normalized spacial score (nSPS) is 12.8. The Balaban J connectivity index is 1.97. The number of halogens is 1. The zero-order chi connectivity index (χ0) is 24.3. The lowest BCUT2D eigenvalue weighted by Gasteiger charge is -2.13. The topological polar surface area (TPSA) is 112 Å². The fourth-order valence-corrected chi connectivity index (χ4v) is 3.84. The van der Waals surface area contributed by atoms with E-state index in [9.17, 15) is 12.8 Å². The smallest absolute Gasteiger partial charge is 0.211 e. The van der Waals surface area contributed by atoms with Crippen molar-refractivity contribution in [3.63, 3.8) is 0 Å². The number of allylic oxidation sites excluding steroid dienone is 3. The van der Waals surface area contributed by atoms with Crippen LogP contribution in [-0.2, 0) is 14.6 Å². The van der Waals surface area contributed by atoms with E-state index in [0.29, 0.717) is 17.3 Å². The number of sulfone groups is 1. The van der Waals surface area contributed by atoms with Crippen molar-refractivity contribution in [2.24, 2.45) is 5.73 Å². The fourth-order valence-electron chi connectivity index (χ4n) is 3.13. The van der Waals surface area contributed by atoms with Gasteiger partial charge in [0.15, 0.2) is 16.6 Å². The molecular weight excluding hydrogens is 445 g/mol. The van der Waals surface area contributed by atoms with Crippen molar-refractivity contribution < 1.29 is 17.5 Å². The van der Waals surface area contributed by atoms with Gasteiger partial charge in [0.2, 0.25) is 5.95 Å². The number of hydrogen-bond donors (Lipinski definition) is 2. The molecule has 3 aromatic rings. The Morgan fingerprint density at radius 1 is 1.33 bits per heavy atom. The molecule has 0 aliphatic rings. The first-order valence-corrected chi connectivity index (χ1v) is 11.9. The number of aromatic nitrogens is 3. The summed E-state index contributed by atoms with van der Waals surface area (Å²) in [5.41, 5.74) is 9.60. The van der Waals surface area contributed by atoms with E-state index in [1.807, 2.05) is 13.8 Å². The van der Waals surface area contributed by atoms with E-state index < -0.39 is 15.7 Å². The van der Waals surface area contributed by atoms with E-state index in [-0.39, 0.29) is 23.4 Å². The molecule has 8 nitrogen and oxygen atoms in total. The van der Waals surface area contributed by atoms with Crippen molar-refractivity contribution in [3.05, 3.63) is 78.7 Å². The summed E-state index contributed by atoms with van der Waals surface area (Å²) in [5, 5.41) is 3.04. The molecule has 3 rings (SSSR count). The SMILES string of the molecule is C=C(F)/C=C\C(=C)OCNc1ncc(-c2ccc(S(C)(=O)=O)cc2C)c2nc(C(C)N)cn12. The van der Waals surface area contributed by atoms with E-state index in [4.69, 9.17) is 10.5 Å². The van der Waals surface area contributed by atoms with Gasteiger partial charge in [0.05, 0.1) is 10.6 Å². The molecular formula is C23H26FN5O3S. The van der Waals surface area contributed by atoms with E-state index in [1.54, 1.807) is 35.0 Å². The van der Waals surface area contributed by atoms with Crippen LogP contribution in [0.4, 0.5) is 10.3 Å². The third-order valence-electron chi connectivity index (χ3n) is 4.83. The molecule has 0 bridgehead atoms. The molecule has 0 saturated carbocycles. The first kappa shape index (κ1) is 24.1. The molecule has 10 heteroatoms. The lowest BCUT2D eigenvalue weighted by Crippen LogP contribution is -2.10. The van der Waals surface area contributed by atoms with Gasteiger partial charge in [-0.25, -0.2) is 22.8 Å². The molecule has 0 fully saturated rings. The molecule has 2 heterocycles. The molecule has 0 spiro atoms. The van der Waals surface area contributed by atoms with Crippen LogP contribution in [-0.4, -0.2) is 35.8 Å². The number of fused-ring (bicyclic) bond motifs is 1. The molecule has 33 heavy (non-hydrogen) atoms. The highest BCUT2D eigenvalue weighted by molar-refractivity contribution is 7.90. The lowest BCUT2D eigenvalue weighted by molar-refractivity contribution is 0.249. The van der Waals surface area contributed by atoms with Crippen LogP contribution >= 0.6 is 0 Å². The molecule has 0 radical (unpaired) electrons. The van der Waals surface area contributed by atoms with Crippen molar-refractivity contribution in [1.29, 1.82) is 0 Å². The second-order valence-corrected chi connectivity index (χ2v) is 9.62. The fraction of sp³-hybridized carbons (Fsp3) is 0.217.